The molecule has 0 fully saturated rings. The van der Waals surface area contributed by atoms with Crippen molar-refractivity contribution in [3.8, 4) is 11.5 Å². The summed E-state index contributed by atoms with van der Waals surface area (Å²) in [6.07, 6.45) is 2.37. The van der Waals surface area contributed by atoms with Crippen molar-refractivity contribution < 1.29 is 29.3 Å². The highest BCUT2D eigenvalue weighted by molar-refractivity contribution is 5.73. The molecule has 0 saturated heterocycles. The Labute approximate surface area is 161 Å². The van der Waals surface area contributed by atoms with E-state index < -0.39 is 22.8 Å². The zero-order valence-corrected chi connectivity index (χ0v) is 17.0. The van der Waals surface area contributed by atoms with E-state index in [-0.39, 0.29) is 0 Å². The van der Waals surface area contributed by atoms with E-state index in [9.17, 15) is 9.59 Å². The fourth-order valence-corrected chi connectivity index (χ4v) is 2.51. The molecule has 0 bridgehead atoms. The van der Waals surface area contributed by atoms with Crippen LogP contribution in [0.5, 0.6) is 11.5 Å². The van der Waals surface area contributed by atoms with E-state index in [0.717, 1.165) is 5.56 Å². The van der Waals surface area contributed by atoms with Crippen LogP contribution in [-0.4, -0.2) is 35.4 Å². The van der Waals surface area contributed by atoms with E-state index >= 15 is 0 Å². The van der Waals surface area contributed by atoms with Gasteiger partial charge in [-0.3, -0.25) is 9.59 Å². The van der Waals surface area contributed by atoms with Crippen LogP contribution in [0.3, 0.4) is 0 Å². The van der Waals surface area contributed by atoms with Crippen LogP contribution in [0.2, 0.25) is 0 Å². The molecule has 1 aromatic carbocycles. The number of hydrogen-bond acceptors (Lipinski definition) is 4. The Morgan fingerprint density at radius 1 is 0.852 bits per heavy atom. The van der Waals surface area contributed by atoms with Crippen LogP contribution in [-0.2, 0) is 9.59 Å². The molecule has 0 radical (unpaired) electrons. The van der Waals surface area contributed by atoms with Gasteiger partial charge in [0.2, 0.25) is 0 Å². The minimum absolute atomic E-state index is 0.438. The molecule has 0 amide bonds. The third kappa shape index (κ3) is 7.12. The first-order chi connectivity index (χ1) is 12.5. The number of aliphatic carboxylic acids is 2. The molecular formula is C21H32O6. The van der Waals surface area contributed by atoms with Crippen LogP contribution in [0.4, 0.5) is 0 Å². The Balaban J connectivity index is 2.49. The Morgan fingerprint density at radius 3 is 1.56 bits per heavy atom. The molecule has 0 heterocycles. The van der Waals surface area contributed by atoms with Gasteiger partial charge >= 0.3 is 11.9 Å². The highest BCUT2D eigenvalue weighted by Crippen LogP contribution is 2.29. The van der Waals surface area contributed by atoms with Gasteiger partial charge in [0.05, 0.1) is 24.0 Å². The summed E-state index contributed by atoms with van der Waals surface area (Å²) in [4.78, 5) is 22.2. The highest BCUT2D eigenvalue weighted by Gasteiger charge is 2.27. The second kappa shape index (κ2) is 9.62. The van der Waals surface area contributed by atoms with Crippen LogP contribution in [0.15, 0.2) is 18.2 Å². The largest absolute Gasteiger partial charge is 0.493 e. The summed E-state index contributed by atoms with van der Waals surface area (Å²) in [7, 11) is 0. The summed E-state index contributed by atoms with van der Waals surface area (Å²) in [5.41, 5.74) is -0.632. The molecule has 0 aliphatic heterocycles. The molecule has 0 unspecified atom stereocenters. The first-order valence-corrected chi connectivity index (χ1v) is 9.29. The molecule has 0 saturated carbocycles. The van der Waals surface area contributed by atoms with Gasteiger partial charge in [-0.25, -0.2) is 0 Å². The summed E-state index contributed by atoms with van der Waals surface area (Å²) >= 11 is 0. The van der Waals surface area contributed by atoms with E-state index in [1.807, 2.05) is 25.1 Å². The number of ether oxygens (including phenoxy) is 2. The topological polar surface area (TPSA) is 93.1 Å². The zero-order valence-electron chi connectivity index (χ0n) is 17.0. The molecule has 152 valence electrons. The molecule has 1 rings (SSSR count). The number of rotatable bonds is 12. The van der Waals surface area contributed by atoms with E-state index in [2.05, 4.69) is 0 Å². The van der Waals surface area contributed by atoms with E-state index in [0.29, 0.717) is 50.4 Å². The highest BCUT2D eigenvalue weighted by atomic mass is 16.5. The van der Waals surface area contributed by atoms with Gasteiger partial charge in [-0.1, -0.05) is 6.07 Å². The number of benzene rings is 1. The molecular weight excluding hydrogens is 348 g/mol. The first-order valence-electron chi connectivity index (χ1n) is 9.29. The maximum Gasteiger partial charge on any atom is 0.309 e. The lowest BCUT2D eigenvalue weighted by molar-refractivity contribution is -0.148. The van der Waals surface area contributed by atoms with E-state index in [1.165, 1.54) is 0 Å². The minimum Gasteiger partial charge on any atom is -0.493 e. The predicted octanol–water partition coefficient (Wildman–Crippen LogP) is 4.53. The fraction of sp³-hybridized carbons (Fsp3) is 0.619. The van der Waals surface area contributed by atoms with Crippen LogP contribution >= 0.6 is 0 Å². The lowest BCUT2D eigenvalue weighted by Gasteiger charge is -2.20. The van der Waals surface area contributed by atoms with Crippen molar-refractivity contribution in [2.75, 3.05) is 13.2 Å². The molecule has 0 aromatic heterocycles. The lowest BCUT2D eigenvalue weighted by Crippen LogP contribution is -2.24. The van der Waals surface area contributed by atoms with Gasteiger partial charge in [0.15, 0.2) is 0 Å². The van der Waals surface area contributed by atoms with Crippen molar-refractivity contribution in [3.05, 3.63) is 23.8 Å². The minimum atomic E-state index is -0.805. The molecule has 0 atom stereocenters. The lowest BCUT2D eigenvalue weighted by atomic mass is 9.88. The standard InChI is InChI=1S/C21H32O6/c1-15-16(26-13-7-11-20(2,3)18(22)23)9-6-10-17(15)27-14-8-12-21(4,5)19(24)25/h6,9-10H,7-8,11-14H2,1-5H3,(H,22,23)(H,24,25). The molecule has 1 aromatic rings. The Kier molecular flexibility index (Phi) is 8.13. The predicted molar refractivity (Wildman–Crippen MR) is 103 cm³/mol. The molecule has 0 spiro atoms. The molecule has 0 aliphatic rings. The second-order valence-corrected chi connectivity index (χ2v) is 8.16. The average molecular weight is 380 g/mol. The Hall–Kier alpha value is -2.24. The van der Waals surface area contributed by atoms with Crippen LogP contribution < -0.4 is 9.47 Å². The van der Waals surface area contributed by atoms with E-state index in [4.69, 9.17) is 19.7 Å². The molecule has 0 aliphatic carbocycles. The van der Waals surface area contributed by atoms with Crippen molar-refractivity contribution in [3.63, 3.8) is 0 Å². The third-order valence-electron chi connectivity index (χ3n) is 4.80. The maximum absolute atomic E-state index is 11.1. The average Bonchev–Trinajstić information content (AvgIpc) is 2.57. The van der Waals surface area contributed by atoms with E-state index in [1.54, 1.807) is 27.7 Å². The number of carboxylic acids is 2. The SMILES string of the molecule is Cc1c(OCCCC(C)(C)C(=O)O)cccc1OCCCC(C)(C)C(=O)O. The summed E-state index contributed by atoms with van der Waals surface area (Å²) < 4.78 is 11.6. The van der Waals surface area contributed by atoms with Gasteiger partial charge in [0.25, 0.3) is 0 Å². The fourth-order valence-electron chi connectivity index (χ4n) is 2.51. The van der Waals surface area contributed by atoms with Gasteiger partial charge in [-0.2, -0.15) is 0 Å². The summed E-state index contributed by atoms with van der Waals surface area (Å²) in [6.45, 7) is 9.62. The van der Waals surface area contributed by atoms with Gasteiger partial charge in [0, 0.05) is 5.56 Å². The van der Waals surface area contributed by atoms with Crippen molar-refractivity contribution in [2.45, 2.75) is 60.3 Å². The first kappa shape index (κ1) is 22.8. The van der Waals surface area contributed by atoms with Gasteiger partial charge in [-0.05, 0) is 72.4 Å². The zero-order chi connectivity index (χ0) is 20.7. The summed E-state index contributed by atoms with van der Waals surface area (Å²) in [5.74, 6) is -0.182. The maximum atomic E-state index is 11.1. The normalized spacial score (nSPS) is 11.9. The number of carboxylic acid groups (broad SMARTS) is 2. The molecule has 6 heteroatoms. The molecule has 2 N–H and O–H groups in total. The summed E-state index contributed by atoms with van der Waals surface area (Å²) in [6, 6.07) is 5.57. The quantitative estimate of drug-likeness (QED) is 0.517. The van der Waals surface area contributed by atoms with Crippen molar-refractivity contribution in [2.24, 2.45) is 10.8 Å². The smallest absolute Gasteiger partial charge is 0.309 e. The third-order valence-corrected chi connectivity index (χ3v) is 4.80. The molecule has 27 heavy (non-hydrogen) atoms. The van der Waals surface area contributed by atoms with Crippen LogP contribution in [0, 0.1) is 17.8 Å². The van der Waals surface area contributed by atoms with Gasteiger partial charge in [-0.15, -0.1) is 0 Å². The van der Waals surface area contributed by atoms with Crippen molar-refractivity contribution >= 4 is 11.9 Å². The second-order valence-electron chi connectivity index (χ2n) is 8.16. The van der Waals surface area contributed by atoms with Crippen LogP contribution in [0.25, 0.3) is 0 Å². The number of hydrogen-bond donors (Lipinski definition) is 2. The van der Waals surface area contributed by atoms with Crippen molar-refractivity contribution in [1.82, 2.24) is 0 Å². The number of carbonyl (C=O) groups is 2. The summed E-state index contributed by atoms with van der Waals surface area (Å²) in [5, 5.41) is 18.3. The van der Waals surface area contributed by atoms with Gasteiger partial charge < -0.3 is 19.7 Å². The van der Waals surface area contributed by atoms with Crippen molar-refractivity contribution in [1.29, 1.82) is 0 Å². The Bertz CT molecular complexity index is 596. The molecule has 6 nitrogen and oxygen atoms in total. The Morgan fingerprint density at radius 2 is 1.22 bits per heavy atom. The van der Waals surface area contributed by atoms with Gasteiger partial charge in [0.1, 0.15) is 11.5 Å². The van der Waals surface area contributed by atoms with Crippen LogP contribution in [0.1, 0.15) is 58.9 Å². The monoisotopic (exact) mass is 380 g/mol.